The largest absolute Gasteiger partial charge is 0.394 e. The molecule has 0 aromatic carbocycles. The Balaban J connectivity index is 1.83. The summed E-state index contributed by atoms with van der Waals surface area (Å²) in [4.78, 5) is 0. The van der Waals surface area contributed by atoms with Gasteiger partial charge in [0.2, 0.25) is 0 Å². The molecule has 2 rings (SSSR count). The maximum atomic E-state index is 12.4. The third kappa shape index (κ3) is 5.52. The monoisotopic (exact) mass is 546 g/mol. The fraction of sp³-hybridized carbons (Fsp3) is 1.00. The van der Waals surface area contributed by atoms with Gasteiger partial charge in [-0.05, 0) is 0 Å². The molecule has 0 spiro atoms. The van der Waals surface area contributed by atoms with E-state index in [0.29, 0.717) is 12.8 Å². The van der Waals surface area contributed by atoms with E-state index in [1.54, 1.807) is 0 Å². The summed E-state index contributed by atoms with van der Waals surface area (Å²) >= 11 is 4.19. The standard InChI is InChI=1S/C10H18BI2O7P/c11-21(16,17-4-8-5(15)1-9(12)19-8)20-6-2-10(13)18-7(6)3-14/h5-10,14-15H,1-4,11H2/t5-,6-,7?,8?,9-,10-,21?/m1/s1. The first kappa shape index (κ1) is 18.8. The van der Waals surface area contributed by atoms with E-state index in [-0.39, 0.29) is 21.4 Å². The van der Waals surface area contributed by atoms with Gasteiger partial charge in [-0.25, -0.2) is 0 Å². The van der Waals surface area contributed by atoms with E-state index < -0.39 is 31.9 Å². The number of halogens is 2. The average molecular weight is 546 g/mol. The number of ether oxygens (including phenoxy) is 2. The van der Waals surface area contributed by atoms with Crippen LogP contribution in [0, 0.1) is 0 Å². The second kappa shape index (κ2) is 8.06. The quantitative estimate of drug-likeness (QED) is 0.218. The van der Waals surface area contributed by atoms with E-state index in [1.165, 1.54) is 7.57 Å². The summed E-state index contributed by atoms with van der Waals surface area (Å²) in [6.45, 7) is -0.176. The molecule has 0 saturated carbocycles. The normalized spacial score (nSPS) is 43.0. The number of hydrogen-bond donors (Lipinski definition) is 2. The molecule has 0 radical (unpaired) electrons. The predicted octanol–water partition coefficient (Wildman–Crippen LogP) is 0.583. The summed E-state index contributed by atoms with van der Waals surface area (Å²) in [7, 11) is -1.93. The molecule has 0 bridgehead atoms. The Bertz CT molecular complexity index is 404. The van der Waals surface area contributed by atoms with Crippen LogP contribution in [0.4, 0.5) is 0 Å². The van der Waals surface area contributed by atoms with Crippen molar-refractivity contribution in [1.29, 1.82) is 0 Å². The van der Waals surface area contributed by atoms with Crippen molar-refractivity contribution in [2.75, 3.05) is 13.2 Å². The zero-order chi connectivity index (χ0) is 15.6. The van der Waals surface area contributed by atoms with Crippen LogP contribution in [-0.2, 0) is 23.1 Å². The number of aliphatic hydroxyl groups is 2. The Labute approximate surface area is 151 Å². The molecular weight excluding hydrogens is 528 g/mol. The van der Waals surface area contributed by atoms with E-state index in [1.807, 2.05) is 0 Å². The Morgan fingerprint density at radius 2 is 1.86 bits per heavy atom. The smallest absolute Gasteiger partial charge is 0.271 e. The molecule has 21 heavy (non-hydrogen) atoms. The van der Waals surface area contributed by atoms with Gasteiger partial charge >= 0.3 is 0 Å². The molecule has 0 aromatic heterocycles. The fourth-order valence-corrected chi connectivity index (χ4v) is 5.22. The van der Waals surface area contributed by atoms with Gasteiger partial charge in [-0.2, -0.15) is 0 Å². The number of alkyl halides is 2. The predicted molar refractivity (Wildman–Crippen MR) is 94.7 cm³/mol. The minimum atomic E-state index is -3.31. The third-order valence-electron chi connectivity index (χ3n) is 3.31. The molecule has 0 aliphatic carbocycles. The fourth-order valence-electron chi connectivity index (χ4n) is 2.25. The highest BCUT2D eigenvalue weighted by Gasteiger charge is 2.39. The lowest BCUT2D eigenvalue weighted by molar-refractivity contribution is -0.00959. The van der Waals surface area contributed by atoms with E-state index in [2.05, 4.69) is 45.2 Å². The summed E-state index contributed by atoms with van der Waals surface area (Å²) in [5.41, 5.74) is 0. The van der Waals surface area contributed by atoms with Crippen molar-refractivity contribution in [1.82, 2.24) is 0 Å². The first-order valence-electron chi connectivity index (χ1n) is 6.59. The summed E-state index contributed by atoms with van der Waals surface area (Å²) < 4.78 is 34.0. The maximum Gasteiger partial charge on any atom is 0.271 e. The van der Waals surface area contributed by atoms with Crippen molar-refractivity contribution in [3.8, 4) is 0 Å². The maximum absolute atomic E-state index is 12.4. The minimum Gasteiger partial charge on any atom is -0.394 e. The van der Waals surface area contributed by atoms with Crippen molar-refractivity contribution in [2.45, 2.75) is 45.5 Å². The van der Waals surface area contributed by atoms with Crippen molar-refractivity contribution < 1.29 is 33.3 Å². The third-order valence-corrected chi connectivity index (χ3v) is 6.19. The number of aliphatic hydroxyl groups excluding tert-OH is 2. The number of rotatable bonds is 6. The number of hydrogen-bond acceptors (Lipinski definition) is 7. The molecule has 3 unspecified atom stereocenters. The van der Waals surface area contributed by atoms with Crippen LogP contribution >= 0.6 is 52.7 Å². The van der Waals surface area contributed by atoms with Gasteiger partial charge in [0.05, 0.1) is 25.4 Å². The van der Waals surface area contributed by atoms with Crippen molar-refractivity contribution in [2.24, 2.45) is 0 Å². The van der Waals surface area contributed by atoms with Gasteiger partial charge in [-0.1, -0.05) is 45.2 Å². The molecule has 0 aromatic rings. The molecule has 11 heteroatoms. The lowest BCUT2D eigenvalue weighted by atomic mass is 10.2. The zero-order valence-corrected chi connectivity index (χ0v) is 16.6. The molecule has 7 atom stereocenters. The molecule has 2 heterocycles. The molecule has 2 aliphatic rings. The van der Waals surface area contributed by atoms with Crippen LogP contribution in [0.15, 0.2) is 0 Å². The zero-order valence-electron chi connectivity index (χ0n) is 11.4. The van der Waals surface area contributed by atoms with Gasteiger partial charge in [0.1, 0.15) is 20.4 Å². The Morgan fingerprint density at radius 1 is 1.24 bits per heavy atom. The highest BCUT2D eigenvalue weighted by molar-refractivity contribution is 14.1. The summed E-state index contributed by atoms with van der Waals surface area (Å²) in [6, 6.07) is 0. The van der Waals surface area contributed by atoms with Gasteiger partial charge in [0.25, 0.3) is 15.0 Å². The van der Waals surface area contributed by atoms with Gasteiger partial charge in [0, 0.05) is 12.8 Å². The first-order valence-corrected chi connectivity index (χ1v) is 11.1. The van der Waals surface area contributed by atoms with Gasteiger partial charge in [-0.15, -0.1) is 0 Å². The Hall–Kier alpha value is 1.51. The highest BCUT2D eigenvalue weighted by atomic mass is 127. The van der Waals surface area contributed by atoms with Crippen LogP contribution < -0.4 is 0 Å². The van der Waals surface area contributed by atoms with Crippen LogP contribution in [0.2, 0.25) is 0 Å². The first-order chi connectivity index (χ1) is 9.80. The van der Waals surface area contributed by atoms with Crippen LogP contribution in [0.5, 0.6) is 0 Å². The lowest BCUT2D eigenvalue weighted by Gasteiger charge is -2.23. The summed E-state index contributed by atoms with van der Waals surface area (Å²) in [6.07, 6.45) is -0.982. The molecule has 122 valence electrons. The van der Waals surface area contributed by atoms with Crippen LogP contribution in [0.25, 0.3) is 0 Å². The van der Waals surface area contributed by atoms with Crippen molar-refractivity contribution >= 4 is 60.2 Å². The van der Waals surface area contributed by atoms with Crippen LogP contribution in [-0.4, -0.2) is 63.6 Å². The topological polar surface area (TPSA) is 94.5 Å². The Morgan fingerprint density at radius 3 is 2.43 bits per heavy atom. The van der Waals surface area contributed by atoms with Crippen LogP contribution in [0.3, 0.4) is 0 Å². The Kier molecular flexibility index (Phi) is 7.24. The van der Waals surface area contributed by atoms with Gasteiger partial charge in [-0.3, -0.25) is 4.57 Å². The SMILES string of the molecule is BP(=O)(OCC1O[C@@H](I)C[C@H]1O)O[C@@H]1C[C@H](I)OC1CO. The minimum absolute atomic E-state index is 0.0134. The molecule has 2 saturated heterocycles. The second-order valence-electron chi connectivity index (χ2n) is 5.10. The lowest BCUT2D eigenvalue weighted by Crippen LogP contribution is -2.29. The van der Waals surface area contributed by atoms with E-state index in [9.17, 15) is 14.8 Å². The van der Waals surface area contributed by atoms with Gasteiger partial charge < -0.3 is 28.7 Å². The van der Waals surface area contributed by atoms with E-state index >= 15 is 0 Å². The molecule has 2 aliphatic heterocycles. The highest BCUT2D eigenvalue weighted by Crippen LogP contribution is 2.47. The molecule has 2 fully saturated rings. The van der Waals surface area contributed by atoms with E-state index in [4.69, 9.17) is 18.5 Å². The molecule has 7 nitrogen and oxygen atoms in total. The molecule has 0 amide bonds. The van der Waals surface area contributed by atoms with Crippen LogP contribution in [0.1, 0.15) is 12.8 Å². The van der Waals surface area contributed by atoms with Crippen molar-refractivity contribution in [3.63, 3.8) is 0 Å². The summed E-state index contributed by atoms with van der Waals surface area (Å²) in [5.74, 6) is 0. The average Bonchev–Trinajstić information content (AvgIpc) is 2.88. The summed E-state index contributed by atoms with van der Waals surface area (Å²) in [5, 5.41) is 19.0. The van der Waals surface area contributed by atoms with E-state index in [0.717, 1.165) is 0 Å². The molecule has 2 N–H and O–H groups in total. The second-order valence-corrected chi connectivity index (χ2v) is 9.89. The molecular formula is C10H18BI2O7P. The van der Waals surface area contributed by atoms with Crippen molar-refractivity contribution in [3.05, 3.63) is 0 Å². The van der Waals surface area contributed by atoms with Gasteiger partial charge in [0.15, 0.2) is 0 Å².